The minimum atomic E-state index is -0.550. The Bertz CT molecular complexity index is 733. The van der Waals surface area contributed by atoms with Crippen LogP contribution in [-0.4, -0.2) is 52.0 Å². The van der Waals surface area contributed by atoms with E-state index in [0.717, 1.165) is 13.0 Å². The van der Waals surface area contributed by atoms with E-state index in [-0.39, 0.29) is 11.9 Å². The van der Waals surface area contributed by atoms with Crippen LogP contribution in [0.1, 0.15) is 29.7 Å². The first-order chi connectivity index (χ1) is 11.9. The van der Waals surface area contributed by atoms with Gasteiger partial charge in [0.15, 0.2) is 5.82 Å². The summed E-state index contributed by atoms with van der Waals surface area (Å²) >= 11 is 0. The van der Waals surface area contributed by atoms with Crippen LogP contribution in [0.2, 0.25) is 0 Å². The molecule has 2 aromatic rings. The van der Waals surface area contributed by atoms with Crippen molar-refractivity contribution < 1.29 is 13.7 Å². The molecule has 0 aliphatic carbocycles. The second-order valence-corrected chi connectivity index (χ2v) is 6.44. The van der Waals surface area contributed by atoms with Crippen LogP contribution in [0.4, 0.5) is 4.39 Å². The van der Waals surface area contributed by atoms with E-state index in [2.05, 4.69) is 15.0 Å². The van der Waals surface area contributed by atoms with Crippen molar-refractivity contribution in [3.63, 3.8) is 0 Å². The second kappa shape index (κ2) is 7.28. The lowest BCUT2D eigenvalue weighted by atomic mass is 10.1. The van der Waals surface area contributed by atoms with Crippen LogP contribution in [0.25, 0.3) is 0 Å². The molecule has 0 radical (unpaired) electrons. The van der Waals surface area contributed by atoms with Gasteiger partial charge >= 0.3 is 0 Å². The number of aromatic nitrogens is 2. The Labute approximate surface area is 145 Å². The fourth-order valence-electron chi connectivity index (χ4n) is 3.32. The number of hydrogen-bond donors (Lipinski definition) is 1. The Morgan fingerprint density at radius 2 is 2.20 bits per heavy atom. The molecule has 1 amide bonds. The van der Waals surface area contributed by atoms with Gasteiger partial charge in [0.25, 0.3) is 0 Å². The highest BCUT2D eigenvalue weighted by molar-refractivity contribution is 5.81. The van der Waals surface area contributed by atoms with Crippen molar-refractivity contribution in [1.29, 1.82) is 0 Å². The number of hydrogen-bond acceptors (Lipinski definition) is 6. The summed E-state index contributed by atoms with van der Waals surface area (Å²) in [5.41, 5.74) is 6.33. The number of halogens is 1. The molecule has 2 heterocycles. The summed E-state index contributed by atoms with van der Waals surface area (Å²) in [4.78, 5) is 20.4. The first kappa shape index (κ1) is 17.5. The van der Waals surface area contributed by atoms with Crippen molar-refractivity contribution in [3.05, 3.63) is 47.4 Å². The molecule has 1 aromatic carbocycles. The monoisotopic (exact) mass is 347 g/mol. The molecule has 0 unspecified atom stereocenters. The quantitative estimate of drug-likeness (QED) is 0.846. The van der Waals surface area contributed by atoms with E-state index in [1.54, 1.807) is 19.1 Å². The molecular weight excluding hydrogens is 325 g/mol. The molecule has 2 N–H and O–H groups in total. The van der Waals surface area contributed by atoms with Gasteiger partial charge in [-0.1, -0.05) is 17.3 Å². The number of nitrogens with two attached hydrogens (primary N) is 1. The summed E-state index contributed by atoms with van der Waals surface area (Å²) in [5, 5.41) is 3.91. The Kier molecular flexibility index (Phi) is 5.10. The summed E-state index contributed by atoms with van der Waals surface area (Å²) in [5.74, 6) is 0.426. The highest BCUT2D eigenvalue weighted by Crippen LogP contribution is 2.27. The largest absolute Gasteiger partial charge is 0.368 e. The summed E-state index contributed by atoms with van der Waals surface area (Å²) in [6.07, 6.45) is 0.901. The number of likely N-dealkylation sites (N-methyl/N-ethyl adjacent to an activating group) is 1. The van der Waals surface area contributed by atoms with Gasteiger partial charge < -0.3 is 10.3 Å². The van der Waals surface area contributed by atoms with Crippen molar-refractivity contribution in [2.75, 3.05) is 20.1 Å². The highest BCUT2D eigenvalue weighted by atomic mass is 19.1. The Morgan fingerprint density at radius 3 is 2.80 bits per heavy atom. The van der Waals surface area contributed by atoms with Crippen molar-refractivity contribution in [3.8, 4) is 0 Å². The lowest BCUT2D eigenvalue weighted by Gasteiger charge is -2.27. The minimum Gasteiger partial charge on any atom is -0.368 e. The predicted molar refractivity (Wildman–Crippen MR) is 88.8 cm³/mol. The number of nitrogens with zero attached hydrogens (tertiary/aromatic N) is 4. The Balaban J connectivity index is 1.67. The summed E-state index contributed by atoms with van der Waals surface area (Å²) in [7, 11) is 2.00. The zero-order valence-electron chi connectivity index (χ0n) is 14.4. The zero-order valence-corrected chi connectivity index (χ0v) is 14.4. The lowest BCUT2D eigenvalue weighted by Crippen LogP contribution is -2.39. The third kappa shape index (κ3) is 4.02. The molecule has 25 heavy (non-hydrogen) atoms. The van der Waals surface area contributed by atoms with E-state index in [4.69, 9.17) is 10.3 Å². The molecule has 134 valence electrons. The first-order valence-electron chi connectivity index (χ1n) is 8.22. The van der Waals surface area contributed by atoms with Crippen LogP contribution in [0.15, 0.2) is 28.8 Å². The fourth-order valence-corrected chi connectivity index (χ4v) is 3.32. The van der Waals surface area contributed by atoms with Crippen LogP contribution in [0, 0.1) is 12.7 Å². The molecule has 0 spiro atoms. The van der Waals surface area contributed by atoms with E-state index in [1.807, 2.05) is 11.9 Å². The van der Waals surface area contributed by atoms with Crippen LogP contribution in [-0.2, 0) is 11.3 Å². The van der Waals surface area contributed by atoms with Crippen LogP contribution in [0.5, 0.6) is 0 Å². The number of amides is 1. The summed E-state index contributed by atoms with van der Waals surface area (Å²) < 4.78 is 18.1. The Hall–Kier alpha value is -2.32. The standard InChI is InChI=1S/C17H22FN5O2/c1-11-20-15(21-25-11)10-22(2)14-7-8-23(9-14)16(17(19)24)12-3-5-13(18)6-4-12/h3-6,14,16H,7-10H2,1-2H3,(H2,19,24)/t14-,16+/m0/s1. The van der Waals surface area contributed by atoms with Gasteiger partial charge in [0.2, 0.25) is 11.8 Å². The minimum absolute atomic E-state index is 0.251. The van der Waals surface area contributed by atoms with Gasteiger partial charge in [-0.2, -0.15) is 4.98 Å². The van der Waals surface area contributed by atoms with E-state index < -0.39 is 11.9 Å². The molecule has 7 nitrogen and oxygen atoms in total. The maximum absolute atomic E-state index is 13.1. The SMILES string of the molecule is Cc1nc(CN(C)[C@H]2CCN([C@@H](C(N)=O)c3ccc(F)cc3)C2)no1. The highest BCUT2D eigenvalue weighted by Gasteiger charge is 2.34. The van der Waals surface area contributed by atoms with E-state index >= 15 is 0 Å². The third-order valence-electron chi connectivity index (χ3n) is 4.60. The number of carbonyl (C=O) groups is 1. The van der Waals surface area contributed by atoms with E-state index in [9.17, 15) is 9.18 Å². The van der Waals surface area contributed by atoms with Crippen molar-refractivity contribution in [2.24, 2.45) is 5.73 Å². The third-order valence-corrected chi connectivity index (χ3v) is 4.60. The van der Waals surface area contributed by atoms with Crippen molar-refractivity contribution >= 4 is 5.91 Å². The maximum atomic E-state index is 13.1. The molecule has 1 aliphatic heterocycles. The smallest absolute Gasteiger partial charge is 0.239 e. The van der Waals surface area contributed by atoms with Gasteiger partial charge in [-0.15, -0.1) is 0 Å². The van der Waals surface area contributed by atoms with Gasteiger partial charge in [-0.3, -0.25) is 14.6 Å². The summed E-state index contributed by atoms with van der Waals surface area (Å²) in [6.45, 7) is 3.77. The number of primary amides is 1. The van der Waals surface area contributed by atoms with E-state index in [1.165, 1.54) is 12.1 Å². The molecule has 1 saturated heterocycles. The molecule has 8 heteroatoms. The van der Waals surface area contributed by atoms with Crippen molar-refractivity contribution in [1.82, 2.24) is 19.9 Å². The first-order valence-corrected chi connectivity index (χ1v) is 8.22. The topological polar surface area (TPSA) is 88.5 Å². The molecule has 1 fully saturated rings. The van der Waals surface area contributed by atoms with Gasteiger partial charge in [-0.25, -0.2) is 4.39 Å². The van der Waals surface area contributed by atoms with Crippen LogP contribution < -0.4 is 5.73 Å². The average Bonchev–Trinajstić information content (AvgIpc) is 3.19. The second-order valence-electron chi connectivity index (χ2n) is 6.44. The lowest BCUT2D eigenvalue weighted by molar-refractivity contribution is -0.123. The summed E-state index contributed by atoms with van der Waals surface area (Å²) in [6, 6.07) is 5.63. The van der Waals surface area contributed by atoms with Crippen molar-refractivity contribution in [2.45, 2.75) is 32.0 Å². The maximum Gasteiger partial charge on any atom is 0.239 e. The number of rotatable bonds is 6. The molecule has 1 aromatic heterocycles. The van der Waals surface area contributed by atoms with Crippen LogP contribution >= 0.6 is 0 Å². The number of benzene rings is 1. The normalized spacial score (nSPS) is 19.4. The van der Waals surface area contributed by atoms with Gasteiger partial charge in [0.1, 0.15) is 11.9 Å². The number of aryl methyl sites for hydroxylation is 1. The van der Waals surface area contributed by atoms with Gasteiger partial charge in [0, 0.05) is 26.1 Å². The van der Waals surface area contributed by atoms with E-state index in [0.29, 0.717) is 30.4 Å². The molecule has 3 rings (SSSR count). The van der Waals surface area contributed by atoms with Crippen LogP contribution in [0.3, 0.4) is 0 Å². The predicted octanol–water partition coefficient (Wildman–Crippen LogP) is 1.25. The zero-order chi connectivity index (χ0) is 18.0. The Morgan fingerprint density at radius 1 is 1.48 bits per heavy atom. The average molecular weight is 347 g/mol. The molecule has 2 atom stereocenters. The molecule has 1 aliphatic rings. The fraction of sp³-hybridized carbons (Fsp3) is 0.471. The number of likely N-dealkylation sites (tertiary alicyclic amines) is 1. The molecule has 0 saturated carbocycles. The van der Waals surface area contributed by atoms with Gasteiger partial charge in [0.05, 0.1) is 6.54 Å². The van der Waals surface area contributed by atoms with Gasteiger partial charge in [-0.05, 0) is 31.2 Å². The number of carbonyl (C=O) groups excluding carboxylic acids is 1. The molecule has 0 bridgehead atoms. The molecular formula is C17H22FN5O2.